The first kappa shape index (κ1) is 22.8. The van der Waals surface area contributed by atoms with Crippen molar-refractivity contribution in [2.45, 2.75) is 4.90 Å². The molecule has 6 rings (SSSR count). The van der Waals surface area contributed by atoms with Crippen molar-refractivity contribution in [1.82, 2.24) is 14.7 Å². The number of hydrogen-bond donors (Lipinski definition) is 0. The number of aromatic nitrogens is 3. The Bertz CT molecular complexity index is 1620. The third-order valence-electron chi connectivity index (χ3n) is 5.76. The van der Waals surface area contributed by atoms with Gasteiger partial charge in [-0.25, -0.2) is 9.97 Å². The summed E-state index contributed by atoms with van der Waals surface area (Å²) in [6.07, 6.45) is 7.22. The van der Waals surface area contributed by atoms with Gasteiger partial charge in [-0.1, -0.05) is 58.9 Å². The van der Waals surface area contributed by atoms with Crippen molar-refractivity contribution in [1.29, 1.82) is 0 Å². The summed E-state index contributed by atoms with van der Waals surface area (Å²) in [7, 11) is 0. The molecule has 7 heteroatoms. The van der Waals surface area contributed by atoms with Crippen LogP contribution in [0.5, 0.6) is 11.5 Å². The van der Waals surface area contributed by atoms with Gasteiger partial charge in [-0.15, -0.1) is 4.73 Å². The van der Waals surface area contributed by atoms with Gasteiger partial charge >= 0.3 is 0 Å². The molecule has 6 aromatic rings. The van der Waals surface area contributed by atoms with Crippen LogP contribution in [0.3, 0.4) is 0 Å². The minimum atomic E-state index is 0.630. The lowest BCUT2D eigenvalue weighted by atomic mass is 10.0. The molecule has 6 nitrogen and oxygen atoms in total. The van der Waals surface area contributed by atoms with Crippen LogP contribution in [0.2, 0.25) is 0 Å². The quantitative estimate of drug-likeness (QED) is 0.121. The maximum absolute atomic E-state index is 6.20. The summed E-state index contributed by atoms with van der Waals surface area (Å²) < 4.78 is 13.2. The Morgan fingerprint density at radius 2 is 1.43 bits per heavy atom. The van der Waals surface area contributed by atoms with E-state index in [4.69, 9.17) is 19.0 Å². The van der Waals surface area contributed by atoms with Gasteiger partial charge in [-0.2, -0.15) is 0 Å². The molecule has 0 aliphatic carbocycles. The second-order valence-electron chi connectivity index (χ2n) is 8.15. The van der Waals surface area contributed by atoms with Crippen molar-refractivity contribution in [3.63, 3.8) is 0 Å². The number of ether oxygens (including phenoxy) is 1. The number of pyridine rings is 2. The molecule has 3 heterocycles. The van der Waals surface area contributed by atoms with Crippen LogP contribution in [0.1, 0.15) is 0 Å². The molecule has 0 aliphatic heterocycles. The summed E-state index contributed by atoms with van der Waals surface area (Å²) in [6.45, 7) is 0. The zero-order valence-electron chi connectivity index (χ0n) is 19.6. The second-order valence-corrected chi connectivity index (χ2v) is 8.92. The zero-order chi connectivity index (χ0) is 24.9. The van der Waals surface area contributed by atoms with Crippen LogP contribution in [0, 0.1) is 0 Å². The summed E-state index contributed by atoms with van der Waals surface area (Å²) in [6, 6.07) is 33.4. The van der Waals surface area contributed by atoms with Crippen molar-refractivity contribution in [3.05, 3.63) is 128 Å². The van der Waals surface area contributed by atoms with Crippen LogP contribution in [0.25, 0.3) is 33.3 Å². The number of para-hydroxylation sites is 2. The summed E-state index contributed by atoms with van der Waals surface area (Å²) in [5, 5.41) is 0.909. The molecular formula is C30H21N3O3S. The molecule has 180 valence electrons. The van der Waals surface area contributed by atoms with Crippen molar-refractivity contribution in [2.75, 3.05) is 0 Å². The average Bonchev–Trinajstić information content (AvgIpc) is 3.33. The van der Waals surface area contributed by atoms with Gasteiger partial charge in [-0.05, 0) is 54.1 Å². The molecule has 0 saturated heterocycles. The molecule has 3 aromatic carbocycles. The maximum Gasteiger partial charge on any atom is 0.179 e. The van der Waals surface area contributed by atoms with Crippen molar-refractivity contribution < 1.29 is 14.1 Å². The lowest BCUT2D eigenvalue weighted by molar-refractivity contribution is -0.188. The zero-order valence-corrected chi connectivity index (χ0v) is 20.4. The number of hydrogen-bond acceptors (Lipinski definition) is 6. The molecule has 0 amide bonds. The van der Waals surface area contributed by atoms with E-state index >= 15 is 0 Å². The highest BCUT2D eigenvalue weighted by molar-refractivity contribution is 7.94. The first-order valence-electron chi connectivity index (χ1n) is 11.7. The first-order valence-corrected chi connectivity index (χ1v) is 12.4. The number of nitrogens with zero attached hydrogens (tertiary/aromatic N) is 3. The maximum atomic E-state index is 6.20. The van der Waals surface area contributed by atoms with Gasteiger partial charge in [0.2, 0.25) is 0 Å². The summed E-state index contributed by atoms with van der Waals surface area (Å²) in [4.78, 5) is 15.5. The summed E-state index contributed by atoms with van der Waals surface area (Å²) in [5.41, 5.74) is 4.43. The fraction of sp³-hybridized carbons (Fsp3) is 0. The fourth-order valence-corrected chi connectivity index (χ4v) is 4.46. The van der Waals surface area contributed by atoms with E-state index in [2.05, 4.69) is 11.1 Å². The van der Waals surface area contributed by atoms with Gasteiger partial charge in [0.1, 0.15) is 11.5 Å². The van der Waals surface area contributed by atoms with Gasteiger partial charge in [0.25, 0.3) is 0 Å². The molecular weight excluding hydrogens is 482 g/mol. The van der Waals surface area contributed by atoms with Gasteiger partial charge in [0.15, 0.2) is 5.65 Å². The third-order valence-corrected chi connectivity index (χ3v) is 6.35. The Balaban J connectivity index is 1.38. The average molecular weight is 504 g/mol. The molecule has 0 saturated carbocycles. The predicted molar refractivity (Wildman–Crippen MR) is 145 cm³/mol. The van der Waals surface area contributed by atoms with Crippen LogP contribution < -0.4 is 9.73 Å². The predicted octanol–water partition coefficient (Wildman–Crippen LogP) is 7.63. The highest BCUT2D eigenvalue weighted by Crippen LogP contribution is 2.37. The topological polar surface area (TPSA) is 58.4 Å². The molecule has 3 aromatic heterocycles. The fourth-order valence-electron chi connectivity index (χ4n) is 4.02. The van der Waals surface area contributed by atoms with Crippen LogP contribution in [0.4, 0.5) is 0 Å². The van der Waals surface area contributed by atoms with Crippen LogP contribution in [0.15, 0.2) is 133 Å². The lowest BCUT2D eigenvalue weighted by Crippen LogP contribution is -2.07. The highest BCUT2D eigenvalue weighted by atomic mass is 32.2. The Morgan fingerprint density at radius 3 is 2.24 bits per heavy atom. The van der Waals surface area contributed by atoms with Crippen molar-refractivity contribution >= 4 is 23.1 Å². The SMILES string of the molecule is c1ccc(Oc2ccccc2-c2cnc3c(c2)c(-c2ccncc2)cn3OOSc2ccccc2)cc1. The van der Waals surface area contributed by atoms with Crippen LogP contribution in [-0.2, 0) is 4.33 Å². The molecule has 0 atom stereocenters. The van der Waals surface area contributed by atoms with E-state index in [1.54, 1.807) is 12.4 Å². The summed E-state index contributed by atoms with van der Waals surface area (Å²) >= 11 is 1.13. The Labute approximate surface area is 218 Å². The summed E-state index contributed by atoms with van der Waals surface area (Å²) in [5.74, 6) is 1.52. The molecule has 0 bridgehead atoms. The van der Waals surface area contributed by atoms with E-state index in [1.807, 2.05) is 109 Å². The standard InChI is InChI=1S/C30H21N3O3S/c1-3-9-24(10-4-1)34-29-14-8-7-13-26(29)23-19-27-28(22-15-17-31-18-16-22)21-33(30(27)32-20-23)35-36-37-25-11-5-2-6-12-25/h1-21H. The van der Waals surface area contributed by atoms with E-state index in [0.29, 0.717) is 5.65 Å². The Kier molecular flexibility index (Phi) is 6.53. The Hall–Kier alpha value is -4.59. The highest BCUT2D eigenvalue weighted by Gasteiger charge is 2.16. The van der Waals surface area contributed by atoms with E-state index in [9.17, 15) is 0 Å². The van der Waals surface area contributed by atoms with Gasteiger partial charge in [0, 0.05) is 45.6 Å². The van der Waals surface area contributed by atoms with E-state index < -0.39 is 0 Å². The largest absolute Gasteiger partial charge is 0.457 e. The molecule has 0 fully saturated rings. The first-order chi connectivity index (χ1) is 18.3. The molecule has 0 unspecified atom stereocenters. The molecule has 0 N–H and O–H groups in total. The van der Waals surface area contributed by atoms with Gasteiger partial charge < -0.3 is 4.74 Å². The van der Waals surface area contributed by atoms with E-state index in [1.165, 1.54) is 4.73 Å². The van der Waals surface area contributed by atoms with E-state index in [0.717, 1.165) is 56.1 Å². The lowest BCUT2D eigenvalue weighted by Gasteiger charge is -2.11. The van der Waals surface area contributed by atoms with Crippen molar-refractivity contribution in [3.8, 4) is 33.8 Å². The minimum absolute atomic E-state index is 0.630. The van der Waals surface area contributed by atoms with Gasteiger partial charge in [0.05, 0.1) is 18.2 Å². The van der Waals surface area contributed by atoms with Crippen LogP contribution >= 0.6 is 12.0 Å². The number of fused-ring (bicyclic) bond motifs is 1. The molecule has 0 radical (unpaired) electrons. The smallest absolute Gasteiger partial charge is 0.179 e. The third kappa shape index (κ3) is 5.04. The number of benzene rings is 3. The van der Waals surface area contributed by atoms with Crippen LogP contribution in [-0.4, -0.2) is 14.7 Å². The molecule has 0 spiro atoms. The van der Waals surface area contributed by atoms with E-state index in [-0.39, 0.29) is 0 Å². The minimum Gasteiger partial charge on any atom is -0.457 e. The monoisotopic (exact) mass is 503 g/mol. The Morgan fingerprint density at radius 1 is 0.703 bits per heavy atom. The van der Waals surface area contributed by atoms with Crippen molar-refractivity contribution in [2.24, 2.45) is 0 Å². The van der Waals surface area contributed by atoms with Gasteiger partial charge in [-0.3, -0.25) is 4.98 Å². The normalized spacial score (nSPS) is 10.9. The molecule has 37 heavy (non-hydrogen) atoms. The molecule has 0 aliphatic rings. The second kappa shape index (κ2) is 10.6. The number of rotatable bonds is 8.